The molecule has 2 aromatic rings. The number of aryl methyl sites for hydroxylation is 2. The minimum absolute atomic E-state index is 0.182. The van der Waals surface area contributed by atoms with Crippen LogP contribution in [0.5, 0.6) is 5.75 Å². The lowest BCUT2D eigenvalue weighted by Crippen LogP contribution is -2.32. The number of hydrogen-bond acceptors (Lipinski definition) is 4. The molecule has 0 aliphatic rings. The molecule has 5 nitrogen and oxygen atoms in total. The Balaban J connectivity index is 2.04. The van der Waals surface area contributed by atoms with Crippen molar-refractivity contribution in [1.82, 2.24) is 10.1 Å². The molecule has 1 aromatic carbocycles. The standard InChI is InChI=1S/C19H23ClN2O3/c1-6-22(10-12(2)3)19(23)17-9-16(25-21-17)11-24-15-7-13(4)18(20)14(5)8-15/h7-9H,2,6,10-11H2,1,3-5H3. The average Bonchev–Trinajstić information content (AvgIpc) is 3.03. The zero-order valence-corrected chi connectivity index (χ0v) is 15.8. The molecule has 0 fully saturated rings. The van der Waals surface area contributed by atoms with Crippen molar-refractivity contribution in [2.45, 2.75) is 34.3 Å². The fourth-order valence-electron chi connectivity index (χ4n) is 2.44. The third-order valence-electron chi connectivity index (χ3n) is 3.70. The van der Waals surface area contributed by atoms with Crippen LogP contribution in [0.15, 0.2) is 34.9 Å². The fraction of sp³-hybridized carbons (Fsp3) is 0.368. The van der Waals surface area contributed by atoms with E-state index in [2.05, 4.69) is 11.7 Å². The molecule has 0 unspecified atom stereocenters. The van der Waals surface area contributed by atoms with E-state index < -0.39 is 0 Å². The van der Waals surface area contributed by atoms with E-state index >= 15 is 0 Å². The lowest BCUT2D eigenvalue weighted by Gasteiger charge is -2.19. The molecule has 134 valence electrons. The first-order valence-electron chi connectivity index (χ1n) is 8.10. The summed E-state index contributed by atoms with van der Waals surface area (Å²) in [5.74, 6) is 1.000. The smallest absolute Gasteiger partial charge is 0.276 e. The minimum Gasteiger partial charge on any atom is -0.486 e. The lowest BCUT2D eigenvalue weighted by atomic mass is 10.1. The van der Waals surface area contributed by atoms with Gasteiger partial charge in [-0.05, 0) is 51.0 Å². The van der Waals surface area contributed by atoms with Crippen LogP contribution in [0.3, 0.4) is 0 Å². The number of benzene rings is 1. The molecule has 1 heterocycles. The quantitative estimate of drug-likeness (QED) is 0.677. The van der Waals surface area contributed by atoms with Crippen LogP contribution >= 0.6 is 11.6 Å². The van der Waals surface area contributed by atoms with E-state index in [1.165, 1.54) is 0 Å². The second-order valence-electron chi connectivity index (χ2n) is 6.11. The Morgan fingerprint density at radius 3 is 2.52 bits per heavy atom. The summed E-state index contributed by atoms with van der Waals surface area (Å²) in [5.41, 5.74) is 3.08. The molecule has 6 heteroatoms. The SMILES string of the molecule is C=C(C)CN(CC)C(=O)c1cc(COc2cc(C)c(Cl)c(C)c2)on1. The summed E-state index contributed by atoms with van der Waals surface area (Å²) in [6.07, 6.45) is 0. The van der Waals surface area contributed by atoms with Crippen LogP contribution < -0.4 is 4.74 Å². The molecule has 0 radical (unpaired) electrons. The van der Waals surface area contributed by atoms with Crippen LogP contribution in [0.2, 0.25) is 5.02 Å². The molecular weight excluding hydrogens is 340 g/mol. The molecule has 0 saturated carbocycles. The second kappa shape index (κ2) is 8.21. The maximum atomic E-state index is 12.4. The Kier molecular flexibility index (Phi) is 6.26. The molecule has 0 spiro atoms. The summed E-state index contributed by atoms with van der Waals surface area (Å²) in [6.45, 7) is 12.7. The first-order valence-corrected chi connectivity index (χ1v) is 8.48. The van der Waals surface area contributed by atoms with Crippen molar-refractivity contribution >= 4 is 17.5 Å². The number of carbonyl (C=O) groups excluding carboxylic acids is 1. The van der Waals surface area contributed by atoms with Gasteiger partial charge in [-0.2, -0.15) is 0 Å². The predicted octanol–water partition coefficient (Wildman–Crippen LogP) is 4.56. The van der Waals surface area contributed by atoms with Crippen LogP contribution in [-0.4, -0.2) is 29.1 Å². The van der Waals surface area contributed by atoms with Gasteiger partial charge in [0.1, 0.15) is 12.4 Å². The Labute approximate surface area is 153 Å². The van der Waals surface area contributed by atoms with E-state index in [0.717, 1.165) is 21.7 Å². The molecule has 0 bridgehead atoms. The Morgan fingerprint density at radius 1 is 1.32 bits per heavy atom. The largest absolute Gasteiger partial charge is 0.486 e. The van der Waals surface area contributed by atoms with Crippen molar-refractivity contribution in [2.75, 3.05) is 13.1 Å². The van der Waals surface area contributed by atoms with Gasteiger partial charge in [0, 0.05) is 24.2 Å². The van der Waals surface area contributed by atoms with Crippen molar-refractivity contribution in [1.29, 1.82) is 0 Å². The monoisotopic (exact) mass is 362 g/mol. The third-order valence-corrected chi connectivity index (χ3v) is 4.30. The van der Waals surface area contributed by atoms with Gasteiger partial charge in [-0.15, -0.1) is 0 Å². The van der Waals surface area contributed by atoms with Crippen LogP contribution in [-0.2, 0) is 6.61 Å². The summed E-state index contributed by atoms with van der Waals surface area (Å²) >= 11 is 6.15. The van der Waals surface area contributed by atoms with E-state index in [1.54, 1.807) is 11.0 Å². The number of ether oxygens (including phenoxy) is 1. The maximum absolute atomic E-state index is 12.4. The van der Waals surface area contributed by atoms with E-state index in [-0.39, 0.29) is 18.2 Å². The lowest BCUT2D eigenvalue weighted by molar-refractivity contribution is 0.0767. The average molecular weight is 363 g/mol. The third kappa shape index (κ3) is 4.86. The van der Waals surface area contributed by atoms with Crippen molar-refractivity contribution in [3.8, 4) is 5.75 Å². The predicted molar refractivity (Wildman–Crippen MR) is 98.2 cm³/mol. The van der Waals surface area contributed by atoms with E-state index in [9.17, 15) is 4.79 Å². The van der Waals surface area contributed by atoms with E-state index in [4.69, 9.17) is 20.9 Å². The number of amides is 1. The highest BCUT2D eigenvalue weighted by atomic mass is 35.5. The molecule has 0 atom stereocenters. The summed E-state index contributed by atoms with van der Waals surface area (Å²) in [6, 6.07) is 5.34. The van der Waals surface area contributed by atoms with Gasteiger partial charge in [0.05, 0.1) is 0 Å². The van der Waals surface area contributed by atoms with Gasteiger partial charge in [-0.1, -0.05) is 28.9 Å². The number of likely N-dealkylation sites (N-methyl/N-ethyl adjacent to an activating group) is 1. The molecular formula is C19H23ClN2O3. The van der Waals surface area contributed by atoms with Gasteiger partial charge >= 0.3 is 0 Å². The zero-order chi connectivity index (χ0) is 18.6. The highest BCUT2D eigenvalue weighted by Gasteiger charge is 2.19. The molecule has 1 amide bonds. The molecule has 0 aliphatic carbocycles. The Bertz CT molecular complexity index is 760. The van der Waals surface area contributed by atoms with Gasteiger partial charge < -0.3 is 14.2 Å². The molecule has 25 heavy (non-hydrogen) atoms. The van der Waals surface area contributed by atoms with Crippen LogP contribution in [0.25, 0.3) is 0 Å². The molecule has 0 saturated heterocycles. The first kappa shape index (κ1) is 19.1. The molecule has 0 N–H and O–H groups in total. The van der Waals surface area contributed by atoms with Crippen molar-refractivity contribution in [3.05, 3.63) is 58.0 Å². The number of halogens is 1. The number of rotatable bonds is 7. The summed E-state index contributed by atoms with van der Waals surface area (Å²) in [5, 5.41) is 4.59. The van der Waals surface area contributed by atoms with Gasteiger partial charge in [-0.3, -0.25) is 4.79 Å². The Morgan fingerprint density at radius 2 is 1.96 bits per heavy atom. The van der Waals surface area contributed by atoms with Crippen LogP contribution in [0.1, 0.15) is 41.2 Å². The van der Waals surface area contributed by atoms with Gasteiger partial charge in [-0.25, -0.2) is 0 Å². The maximum Gasteiger partial charge on any atom is 0.276 e. The fourth-order valence-corrected chi connectivity index (χ4v) is 2.55. The second-order valence-corrected chi connectivity index (χ2v) is 6.49. The van der Waals surface area contributed by atoms with Crippen LogP contribution in [0, 0.1) is 13.8 Å². The number of nitrogens with zero attached hydrogens (tertiary/aromatic N) is 2. The summed E-state index contributed by atoms with van der Waals surface area (Å²) in [7, 11) is 0. The van der Waals surface area contributed by atoms with Gasteiger partial charge in [0.15, 0.2) is 11.5 Å². The molecule has 2 rings (SSSR count). The topological polar surface area (TPSA) is 55.6 Å². The van der Waals surface area contributed by atoms with Crippen LogP contribution in [0.4, 0.5) is 0 Å². The highest BCUT2D eigenvalue weighted by molar-refractivity contribution is 6.32. The highest BCUT2D eigenvalue weighted by Crippen LogP contribution is 2.26. The molecule has 0 aliphatic heterocycles. The van der Waals surface area contributed by atoms with E-state index in [0.29, 0.717) is 24.6 Å². The number of aromatic nitrogens is 1. The van der Waals surface area contributed by atoms with Crippen molar-refractivity contribution in [2.24, 2.45) is 0 Å². The van der Waals surface area contributed by atoms with Gasteiger partial charge in [0.2, 0.25) is 0 Å². The van der Waals surface area contributed by atoms with Crippen molar-refractivity contribution < 1.29 is 14.1 Å². The number of hydrogen-bond donors (Lipinski definition) is 0. The summed E-state index contributed by atoms with van der Waals surface area (Å²) < 4.78 is 10.9. The Hall–Kier alpha value is -2.27. The van der Waals surface area contributed by atoms with Crippen molar-refractivity contribution in [3.63, 3.8) is 0 Å². The normalized spacial score (nSPS) is 10.6. The zero-order valence-electron chi connectivity index (χ0n) is 15.1. The van der Waals surface area contributed by atoms with E-state index in [1.807, 2.05) is 39.8 Å². The summed E-state index contributed by atoms with van der Waals surface area (Å²) in [4.78, 5) is 14.1. The molecule has 1 aromatic heterocycles. The first-order chi connectivity index (χ1) is 11.8. The number of carbonyl (C=O) groups is 1. The minimum atomic E-state index is -0.182. The van der Waals surface area contributed by atoms with Gasteiger partial charge in [0.25, 0.3) is 5.91 Å².